The second-order valence-corrected chi connectivity index (χ2v) is 3.86. The first kappa shape index (κ1) is 15.1. The van der Waals surface area contributed by atoms with Gasteiger partial charge in [0.15, 0.2) is 0 Å². The fourth-order valence-electron chi connectivity index (χ4n) is 1.66. The molecular formula is C14H8F5O2. The number of benzene rings is 2. The van der Waals surface area contributed by atoms with Gasteiger partial charge in [0.25, 0.3) is 0 Å². The number of alkyl halides is 5. The normalized spacial score (nSPS) is 11.5. The Morgan fingerprint density at radius 1 is 1.00 bits per heavy atom. The molecule has 0 amide bonds. The molecule has 0 aromatic heterocycles. The van der Waals surface area contributed by atoms with Gasteiger partial charge in [0.2, 0.25) is 0 Å². The van der Waals surface area contributed by atoms with E-state index in [9.17, 15) is 22.0 Å². The number of rotatable bonds is 4. The third-order valence-corrected chi connectivity index (χ3v) is 2.41. The Balaban J connectivity index is 2.27. The van der Waals surface area contributed by atoms with Crippen LogP contribution in [0.1, 0.15) is 0 Å². The van der Waals surface area contributed by atoms with Crippen LogP contribution in [0.3, 0.4) is 0 Å². The van der Waals surface area contributed by atoms with Crippen LogP contribution in [0.5, 0.6) is 11.5 Å². The SMILES string of the molecule is FC(F)Oc1ccc[c]c1-c1ccc(OC(F)(F)F)cc1. The van der Waals surface area contributed by atoms with Gasteiger partial charge in [0.1, 0.15) is 11.5 Å². The maximum atomic E-state index is 12.3. The van der Waals surface area contributed by atoms with Gasteiger partial charge in [-0.05, 0) is 29.8 Å². The molecule has 0 aliphatic heterocycles. The summed E-state index contributed by atoms with van der Waals surface area (Å²) in [5.41, 5.74) is 0.595. The lowest BCUT2D eigenvalue weighted by atomic mass is 10.0. The van der Waals surface area contributed by atoms with Gasteiger partial charge in [-0.25, -0.2) is 0 Å². The Morgan fingerprint density at radius 3 is 2.24 bits per heavy atom. The molecule has 2 rings (SSSR count). The van der Waals surface area contributed by atoms with Crippen LogP contribution in [-0.4, -0.2) is 13.0 Å². The van der Waals surface area contributed by atoms with Crippen molar-refractivity contribution in [2.75, 3.05) is 0 Å². The predicted octanol–water partition coefficient (Wildman–Crippen LogP) is 4.65. The molecule has 7 heteroatoms. The first-order valence-corrected chi connectivity index (χ1v) is 5.67. The summed E-state index contributed by atoms with van der Waals surface area (Å²) in [4.78, 5) is 0. The van der Waals surface area contributed by atoms with Gasteiger partial charge in [-0.1, -0.05) is 24.3 Å². The van der Waals surface area contributed by atoms with Crippen LogP contribution < -0.4 is 9.47 Å². The number of halogens is 5. The molecule has 2 aromatic rings. The van der Waals surface area contributed by atoms with E-state index in [1.165, 1.54) is 30.3 Å². The lowest BCUT2D eigenvalue weighted by Crippen LogP contribution is -2.16. The van der Waals surface area contributed by atoms with Gasteiger partial charge >= 0.3 is 13.0 Å². The van der Waals surface area contributed by atoms with Gasteiger partial charge in [-0.3, -0.25) is 0 Å². The van der Waals surface area contributed by atoms with E-state index < -0.39 is 18.7 Å². The fourth-order valence-corrected chi connectivity index (χ4v) is 1.66. The minimum atomic E-state index is -4.79. The average molecular weight is 303 g/mol. The second-order valence-electron chi connectivity index (χ2n) is 3.86. The van der Waals surface area contributed by atoms with Crippen molar-refractivity contribution in [1.29, 1.82) is 0 Å². The topological polar surface area (TPSA) is 18.5 Å². The monoisotopic (exact) mass is 303 g/mol. The standard InChI is InChI=1S/C14H8F5O2/c15-13(16)20-12-4-2-1-3-11(12)9-5-7-10(8-6-9)21-14(17,18)19/h1-2,4-8,13H. The first-order valence-electron chi connectivity index (χ1n) is 5.67. The van der Waals surface area contributed by atoms with Crippen LogP contribution >= 0.6 is 0 Å². The molecule has 0 aliphatic rings. The first-order chi connectivity index (χ1) is 9.85. The molecule has 0 bridgehead atoms. The van der Waals surface area contributed by atoms with Crippen molar-refractivity contribution in [2.24, 2.45) is 0 Å². The van der Waals surface area contributed by atoms with Gasteiger partial charge < -0.3 is 9.47 Å². The van der Waals surface area contributed by atoms with Crippen molar-refractivity contribution >= 4 is 0 Å². The van der Waals surface area contributed by atoms with Crippen molar-refractivity contribution < 1.29 is 31.4 Å². The Labute approximate surface area is 116 Å². The average Bonchev–Trinajstić information content (AvgIpc) is 2.38. The van der Waals surface area contributed by atoms with Gasteiger partial charge in [-0.2, -0.15) is 8.78 Å². The van der Waals surface area contributed by atoms with Crippen LogP contribution in [0.25, 0.3) is 11.1 Å². The van der Waals surface area contributed by atoms with E-state index in [1.807, 2.05) is 0 Å². The maximum absolute atomic E-state index is 12.3. The van der Waals surface area contributed by atoms with Gasteiger partial charge in [-0.15, -0.1) is 13.2 Å². The highest BCUT2D eigenvalue weighted by Gasteiger charge is 2.31. The van der Waals surface area contributed by atoms with E-state index >= 15 is 0 Å². The zero-order valence-electron chi connectivity index (χ0n) is 10.3. The summed E-state index contributed by atoms with van der Waals surface area (Å²) in [5, 5.41) is 0. The molecule has 0 unspecified atom stereocenters. The summed E-state index contributed by atoms with van der Waals surface area (Å²) >= 11 is 0. The molecule has 0 saturated carbocycles. The fraction of sp³-hybridized carbons (Fsp3) is 0.143. The highest BCUT2D eigenvalue weighted by molar-refractivity contribution is 5.70. The zero-order chi connectivity index (χ0) is 15.5. The lowest BCUT2D eigenvalue weighted by Gasteiger charge is -2.12. The molecule has 111 valence electrons. The van der Waals surface area contributed by atoms with Crippen LogP contribution in [0, 0.1) is 6.07 Å². The van der Waals surface area contributed by atoms with Crippen molar-refractivity contribution in [3.05, 3.63) is 48.5 Å². The second kappa shape index (κ2) is 5.99. The maximum Gasteiger partial charge on any atom is 0.573 e. The van der Waals surface area contributed by atoms with Crippen molar-refractivity contribution in [3.8, 4) is 22.6 Å². The molecule has 21 heavy (non-hydrogen) atoms. The van der Waals surface area contributed by atoms with Crippen LogP contribution in [0.2, 0.25) is 0 Å². The van der Waals surface area contributed by atoms with Crippen molar-refractivity contribution in [2.45, 2.75) is 13.0 Å². The molecule has 2 nitrogen and oxygen atoms in total. The smallest absolute Gasteiger partial charge is 0.434 e. The molecule has 0 spiro atoms. The van der Waals surface area contributed by atoms with Crippen LogP contribution in [0.15, 0.2) is 42.5 Å². The molecule has 2 aromatic carbocycles. The van der Waals surface area contributed by atoms with E-state index in [-0.39, 0.29) is 11.3 Å². The number of ether oxygens (including phenoxy) is 2. The highest BCUT2D eigenvalue weighted by Crippen LogP contribution is 2.32. The molecule has 0 N–H and O–H groups in total. The summed E-state index contributed by atoms with van der Waals surface area (Å²) in [6.07, 6.45) is -4.79. The number of hydrogen-bond acceptors (Lipinski definition) is 2. The molecular weight excluding hydrogens is 295 g/mol. The quantitative estimate of drug-likeness (QED) is 0.765. The summed E-state index contributed by atoms with van der Waals surface area (Å²) in [7, 11) is 0. The van der Waals surface area contributed by atoms with E-state index in [1.54, 1.807) is 0 Å². The minimum absolute atomic E-state index is 0.114. The Bertz CT molecular complexity index is 593. The number of hydrogen-bond donors (Lipinski definition) is 0. The van der Waals surface area contributed by atoms with E-state index in [0.29, 0.717) is 5.56 Å². The van der Waals surface area contributed by atoms with Gasteiger partial charge in [0.05, 0.1) is 0 Å². The third kappa shape index (κ3) is 4.34. The summed E-state index contributed by atoms with van der Waals surface area (Å²) in [6.45, 7) is -3.01. The summed E-state index contributed by atoms with van der Waals surface area (Å²) in [5.74, 6) is -0.518. The molecule has 0 atom stereocenters. The third-order valence-electron chi connectivity index (χ3n) is 2.41. The Morgan fingerprint density at radius 2 is 1.67 bits per heavy atom. The van der Waals surface area contributed by atoms with Crippen LogP contribution in [-0.2, 0) is 0 Å². The predicted molar refractivity (Wildman–Crippen MR) is 64.0 cm³/mol. The molecule has 1 radical (unpaired) electrons. The highest BCUT2D eigenvalue weighted by atomic mass is 19.4. The van der Waals surface area contributed by atoms with Crippen LogP contribution in [0.4, 0.5) is 22.0 Å². The van der Waals surface area contributed by atoms with E-state index in [2.05, 4.69) is 15.5 Å². The molecule has 0 heterocycles. The van der Waals surface area contributed by atoms with E-state index in [4.69, 9.17) is 0 Å². The van der Waals surface area contributed by atoms with E-state index in [0.717, 1.165) is 12.1 Å². The molecule has 0 aliphatic carbocycles. The zero-order valence-corrected chi connectivity index (χ0v) is 10.3. The minimum Gasteiger partial charge on any atom is -0.434 e. The summed E-state index contributed by atoms with van der Waals surface area (Å²) < 4.78 is 68.8. The van der Waals surface area contributed by atoms with Crippen molar-refractivity contribution in [3.63, 3.8) is 0 Å². The molecule has 0 fully saturated rings. The Kier molecular flexibility index (Phi) is 4.30. The molecule has 0 saturated heterocycles. The Hall–Kier alpha value is -2.31. The summed E-state index contributed by atoms with van der Waals surface area (Å²) in [6, 6.07) is 11.7. The largest absolute Gasteiger partial charge is 0.573 e. The van der Waals surface area contributed by atoms with Gasteiger partial charge in [0, 0.05) is 5.56 Å². The van der Waals surface area contributed by atoms with Crippen molar-refractivity contribution in [1.82, 2.24) is 0 Å². The lowest BCUT2D eigenvalue weighted by molar-refractivity contribution is -0.274.